The number of nitrogens with zero attached hydrogens (tertiary/aromatic N) is 1. The van der Waals surface area contributed by atoms with E-state index in [1.54, 1.807) is 11.3 Å². The molecule has 82 valence electrons. The van der Waals surface area contributed by atoms with Gasteiger partial charge in [-0.2, -0.15) is 0 Å². The third kappa shape index (κ3) is 2.24. The zero-order chi connectivity index (χ0) is 11.5. The number of para-hydroxylation sites is 1. The second-order valence-corrected chi connectivity index (χ2v) is 4.86. The topological polar surface area (TPSA) is 24.9 Å². The molecule has 1 aromatic heterocycles. The third-order valence-corrected chi connectivity index (χ3v) is 3.65. The largest absolute Gasteiger partial charge is 0.295 e. The van der Waals surface area contributed by atoms with Crippen LogP contribution in [0.3, 0.4) is 0 Å². The first kappa shape index (κ1) is 11.1. The molecule has 0 aliphatic carbocycles. The van der Waals surface area contributed by atoms with Crippen molar-refractivity contribution in [2.75, 3.05) is 0 Å². The maximum Gasteiger partial charge on any atom is 0.111 e. The van der Waals surface area contributed by atoms with Crippen LogP contribution in [0.2, 0.25) is 0 Å². The monoisotopic (exact) mass is 230 g/mol. The van der Waals surface area contributed by atoms with Gasteiger partial charge in [0.2, 0.25) is 0 Å². The van der Waals surface area contributed by atoms with Crippen LogP contribution in [0.1, 0.15) is 24.9 Å². The average molecular weight is 230 g/mol. The first-order chi connectivity index (χ1) is 7.70. The van der Waals surface area contributed by atoms with Crippen LogP contribution in [0.15, 0.2) is 24.3 Å². The Labute approximate surface area is 99.7 Å². The first-order valence-electron chi connectivity index (χ1n) is 5.28. The Hall–Kier alpha value is -1.37. The molecule has 1 aromatic carbocycles. The summed E-state index contributed by atoms with van der Waals surface area (Å²) in [5.74, 6) is 2.67. The molecule has 2 rings (SSSR count). The molecule has 0 aliphatic rings. The molecule has 0 saturated heterocycles. The van der Waals surface area contributed by atoms with E-state index in [2.05, 4.69) is 29.2 Å². The van der Waals surface area contributed by atoms with Crippen LogP contribution < -0.4 is 5.32 Å². The van der Waals surface area contributed by atoms with E-state index in [-0.39, 0.29) is 12.1 Å². The van der Waals surface area contributed by atoms with E-state index in [0.29, 0.717) is 0 Å². The molecule has 1 heterocycles. The molecule has 0 fully saturated rings. The standard InChI is InChI=1S/C13H14N2S/c1-4-9(2)14-10(3)13-15-11-7-5-6-8-12(11)16-13/h1,5-10,14H,2-3H3. The highest BCUT2D eigenvalue weighted by Gasteiger charge is 2.12. The molecule has 2 atom stereocenters. The second kappa shape index (κ2) is 4.65. The fraction of sp³-hybridized carbons (Fsp3) is 0.308. The van der Waals surface area contributed by atoms with Crippen molar-refractivity contribution in [1.29, 1.82) is 0 Å². The maximum absolute atomic E-state index is 5.34. The van der Waals surface area contributed by atoms with Crippen molar-refractivity contribution >= 4 is 21.6 Å². The van der Waals surface area contributed by atoms with Crippen molar-refractivity contribution in [1.82, 2.24) is 10.3 Å². The summed E-state index contributed by atoms with van der Waals surface area (Å²) in [6.07, 6.45) is 5.34. The SMILES string of the molecule is C#CC(C)NC(C)c1nc2ccccc2s1. The zero-order valence-corrected chi connectivity index (χ0v) is 10.2. The van der Waals surface area contributed by atoms with E-state index in [0.717, 1.165) is 10.5 Å². The Morgan fingerprint density at radius 2 is 2.12 bits per heavy atom. The summed E-state index contributed by atoms with van der Waals surface area (Å²) in [6.45, 7) is 4.06. The fourth-order valence-electron chi connectivity index (χ4n) is 1.57. The molecule has 0 saturated carbocycles. The van der Waals surface area contributed by atoms with Gasteiger partial charge in [-0.3, -0.25) is 5.32 Å². The molecule has 3 heteroatoms. The molecular formula is C13H14N2S. The van der Waals surface area contributed by atoms with E-state index in [9.17, 15) is 0 Å². The Morgan fingerprint density at radius 3 is 2.81 bits per heavy atom. The molecular weight excluding hydrogens is 216 g/mol. The quantitative estimate of drug-likeness (QED) is 0.820. The van der Waals surface area contributed by atoms with Gasteiger partial charge in [0.05, 0.1) is 22.3 Å². The Bertz CT molecular complexity index is 491. The lowest BCUT2D eigenvalue weighted by Crippen LogP contribution is -2.27. The summed E-state index contributed by atoms with van der Waals surface area (Å²) in [7, 11) is 0. The van der Waals surface area contributed by atoms with Crippen LogP contribution in [-0.4, -0.2) is 11.0 Å². The Morgan fingerprint density at radius 1 is 1.38 bits per heavy atom. The lowest BCUT2D eigenvalue weighted by Gasteiger charge is -2.13. The minimum atomic E-state index is 0.0713. The van der Waals surface area contributed by atoms with Crippen molar-refractivity contribution in [3.8, 4) is 12.3 Å². The van der Waals surface area contributed by atoms with Gasteiger partial charge in [-0.1, -0.05) is 18.1 Å². The van der Waals surface area contributed by atoms with Gasteiger partial charge in [0.1, 0.15) is 5.01 Å². The number of fused-ring (bicyclic) bond motifs is 1. The Kier molecular flexibility index (Phi) is 3.23. The smallest absolute Gasteiger partial charge is 0.111 e. The third-order valence-electron chi connectivity index (χ3n) is 2.43. The number of benzene rings is 1. The number of thiazole rings is 1. The minimum absolute atomic E-state index is 0.0713. The number of rotatable bonds is 3. The van der Waals surface area contributed by atoms with Gasteiger partial charge in [0.15, 0.2) is 0 Å². The van der Waals surface area contributed by atoms with Gasteiger partial charge in [-0.25, -0.2) is 4.98 Å². The summed E-state index contributed by atoms with van der Waals surface area (Å²) in [5, 5.41) is 4.40. The highest BCUT2D eigenvalue weighted by molar-refractivity contribution is 7.18. The summed E-state index contributed by atoms with van der Waals surface area (Å²) in [5.41, 5.74) is 1.06. The van der Waals surface area contributed by atoms with E-state index in [4.69, 9.17) is 6.42 Å². The van der Waals surface area contributed by atoms with Crippen molar-refractivity contribution in [3.63, 3.8) is 0 Å². The van der Waals surface area contributed by atoms with Gasteiger partial charge in [0, 0.05) is 0 Å². The lowest BCUT2D eigenvalue weighted by molar-refractivity contribution is 0.545. The number of aromatic nitrogens is 1. The second-order valence-electron chi connectivity index (χ2n) is 3.80. The number of hydrogen-bond acceptors (Lipinski definition) is 3. The number of nitrogens with one attached hydrogen (secondary N) is 1. The van der Waals surface area contributed by atoms with Gasteiger partial charge in [0.25, 0.3) is 0 Å². The van der Waals surface area contributed by atoms with Gasteiger partial charge in [-0.15, -0.1) is 17.8 Å². The summed E-state index contributed by atoms with van der Waals surface area (Å²) in [6, 6.07) is 8.44. The van der Waals surface area contributed by atoms with Crippen LogP contribution in [0.25, 0.3) is 10.2 Å². The molecule has 2 unspecified atom stereocenters. The fourth-order valence-corrected chi connectivity index (χ4v) is 2.55. The number of hydrogen-bond donors (Lipinski definition) is 1. The molecule has 16 heavy (non-hydrogen) atoms. The van der Waals surface area contributed by atoms with Crippen molar-refractivity contribution in [3.05, 3.63) is 29.3 Å². The summed E-state index contributed by atoms with van der Waals surface area (Å²) < 4.78 is 1.22. The molecule has 0 aliphatic heterocycles. The van der Waals surface area contributed by atoms with Crippen molar-refractivity contribution < 1.29 is 0 Å². The predicted molar refractivity (Wildman–Crippen MR) is 69.5 cm³/mol. The minimum Gasteiger partial charge on any atom is -0.295 e. The number of terminal acetylenes is 1. The van der Waals surface area contributed by atoms with Crippen LogP contribution >= 0.6 is 11.3 Å². The van der Waals surface area contributed by atoms with Crippen molar-refractivity contribution in [2.24, 2.45) is 0 Å². The molecule has 0 amide bonds. The van der Waals surface area contributed by atoms with Crippen LogP contribution in [-0.2, 0) is 0 Å². The summed E-state index contributed by atoms with van der Waals surface area (Å²) >= 11 is 1.72. The van der Waals surface area contributed by atoms with Crippen LogP contribution in [0.5, 0.6) is 0 Å². The average Bonchev–Trinajstić information content (AvgIpc) is 2.72. The predicted octanol–water partition coefficient (Wildman–Crippen LogP) is 2.97. The van der Waals surface area contributed by atoms with E-state index < -0.39 is 0 Å². The first-order valence-corrected chi connectivity index (χ1v) is 6.10. The van der Waals surface area contributed by atoms with Gasteiger partial charge in [-0.05, 0) is 26.0 Å². The van der Waals surface area contributed by atoms with Gasteiger partial charge < -0.3 is 0 Å². The lowest BCUT2D eigenvalue weighted by atomic mass is 10.3. The summed E-state index contributed by atoms with van der Waals surface area (Å²) in [4.78, 5) is 4.59. The molecule has 1 N–H and O–H groups in total. The molecule has 2 nitrogen and oxygen atoms in total. The highest BCUT2D eigenvalue weighted by Crippen LogP contribution is 2.26. The molecule has 2 aromatic rings. The van der Waals surface area contributed by atoms with Crippen LogP contribution in [0, 0.1) is 12.3 Å². The van der Waals surface area contributed by atoms with E-state index in [1.807, 2.05) is 25.1 Å². The molecule has 0 bridgehead atoms. The van der Waals surface area contributed by atoms with E-state index in [1.165, 1.54) is 4.70 Å². The molecule has 0 radical (unpaired) electrons. The molecule has 0 spiro atoms. The Balaban J connectivity index is 2.23. The van der Waals surface area contributed by atoms with E-state index >= 15 is 0 Å². The normalized spacial score (nSPS) is 14.6. The van der Waals surface area contributed by atoms with Crippen molar-refractivity contribution in [2.45, 2.75) is 25.9 Å². The van der Waals surface area contributed by atoms with Gasteiger partial charge >= 0.3 is 0 Å². The van der Waals surface area contributed by atoms with Crippen LogP contribution in [0.4, 0.5) is 0 Å². The maximum atomic E-state index is 5.34. The highest BCUT2D eigenvalue weighted by atomic mass is 32.1. The zero-order valence-electron chi connectivity index (χ0n) is 9.40.